The fourth-order valence-corrected chi connectivity index (χ4v) is 6.32. The van der Waals surface area contributed by atoms with Crippen LogP contribution >= 0.6 is 0 Å². The highest BCUT2D eigenvalue weighted by molar-refractivity contribution is 6.13. The van der Waals surface area contributed by atoms with Crippen LogP contribution in [0.1, 0.15) is 15.9 Å². The van der Waals surface area contributed by atoms with Crippen molar-refractivity contribution < 1.29 is 20.1 Å². The van der Waals surface area contributed by atoms with Crippen molar-refractivity contribution in [2.45, 2.75) is 0 Å². The number of carbonyl (C=O) groups excluding carboxylic acids is 1. The number of aromatic hydroxyl groups is 2. The van der Waals surface area contributed by atoms with E-state index in [2.05, 4.69) is 10.6 Å². The first kappa shape index (κ1) is 33.8. The molecule has 5 N–H and O–H groups in total. The Morgan fingerprint density at radius 3 is 1.41 bits per heavy atom. The number of nitriles is 1. The van der Waals surface area contributed by atoms with Crippen LogP contribution in [0.5, 0.6) is 11.5 Å². The van der Waals surface area contributed by atoms with Gasteiger partial charge in [0.05, 0.1) is 33.5 Å². The highest BCUT2D eigenvalue weighted by atomic mass is 16.3. The maximum absolute atomic E-state index is 12.3. The fourth-order valence-electron chi connectivity index (χ4n) is 6.32. The molecular formula is C43H34N4O4. The molecule has 6 aromatic carbocycles. The summed E-state index contributed by atoms with van der Waals surface area (Å²) in [4.78, 5) is 12.3. The van der Waals surface area contributed by atoms with Crippen molar-refractivity contribution in [3.8, 4) is 51.5 Å². The third-order valence-corrected chi connectivity index (χ3v) is 8.42. The summed E-state index contributed by atoms with van der Waals surface area (Å²) in [7, 11) is 1.00. The number of carbonyl (C=O) groups is 1. The molecule has 0 saturated heterocycles. The zero-order valence-corrected chi connectivity index (χ0v) is 27.7. The van der Waals surface area contributed by atoms with Gasteiger partial charge in [-0.2, -0.15) is 5.26 Å². The van der Waals surface area contributed by atoms with Crippen LogP contribution in [-0.2, 0) is 0 Å². The number of nitrogens with zero attached hydrogens (tertiary/aromatic N) is 3. The average Bonchev–Trinajstić information content (AvgIpc) is 3.71. The molecule has 250 valence electrons. The Kier molecular flexibility index (Phi) is 9.94. The first-order valence-electron chi connectivity index (χ1n) is 16.1. The van der Waals surface area contributed by atoms with Gasteiger partial charge in [0.15, 0.2) is 0 Å². The Morgan fingerprint density at radius 1 is 0.549 bits per heavy atom. The Morgan fingerprint density at radius 2 is 0.941 bits per heavy atom. The Labute approximate surface area is 294 Å². The second-order valence-electron chi connectivity index (χ2n) is 11.4. The number of phenols is 2. The second-order valence-corrected chi connectivity index (χ2v) is 11.4. The van der Waals surface area contributed by atoms with Gasteiger partial charge in [-0.1, -0.05) is 97.1 Å². The summed E-state index contributed by atoms with van der Waals surface area (Å²) >= 11 is 0. The second kappa shape index (κ2) is 15.0. The van der Waals surface area contributed by atoms with E-state index in [0.717, 1.165) is 62.8 Å². The van der Waals surface area contributed by atoms with Gasteiger partial charge in [0.1, 0.15) is 17.6 Å². The predicted octanol–water partition coefficient (Wildman–Crippen LogP) is 8.59. The van der Waals surface area contributed by atoms with Gasteiger partial charge in [0, 0.05) is 29.3 Å². The normalized spacial score (nSPS) is 10.5. The van der Waals surface area contributed by atoms with Crippen molar-refractivity contribution in [1.29, 1.82) is 5.26 Å². The van der Waals surface area contributed by atoms with Gasteiger partial charge in [-0.25, -0.2) is 0 Å². The van der Waals surface area contributed by atoms with E-state index in [-0.39, 0.29) is 11.5 Å². The Balaban J connectivity index is 0.000000168. The number of hydrogen-bond donors (Lipinski definition) is 4. The molecule has 1 amide bonds. The molecule has 8 aromatic rings. The van der Waals surface area contributed by atoms with Crippen molar-refractivity contribution in [3.63, 3.8) is 0 Å². The highest BCUT2D eigenvalue weighted by Gasteiger charge is 2.23. The van der Waals surface area contributed by atoms with Crippen molar-refractivity contribution in [1.82, 2.24) is 9.13 Å². The van der Waals surface area contributed by atoms with Crippen molar-refractivity contribution >= 4 is 27.7 Å². The minimum Gasteiger partial charge on any atom is -0.508 e. The van der Waals surface area contributed by atoms with Crippen LogP contribution in [0.4, 0.5) is 0 Å². The molecule has 0 saturated carbocycles. The van der Waals surface area contributed by atoms with E-state index in [1.807, 2.05) is 138 Å². The number of hydrogen-bond acceptors (Lipinski definition) is 5. The van der Waals surface area contributed by atoms with Gasteiger partial charge < -0.3 is 30.2 Å². The molecule has 0 fully saturated rings. The number of rotatable bonds is 5. The quantitative estimate of drug-likeness (QED) is 0.145. The SMILES string of the molecule is CO.N#Cc1c(-c2ccccc2)n(-c2ccc(O)cc2)c2ccccc12.NC(=O)c1c(-c2ccccc2)n(-c2ccc(O)cc2)c2ccccc12. The van der Waals surface area contributed by atoms with Crippen LogP contribution in [0, 0.1) is 11.3 Å². The number of nitrogens with two attached hydrogens (primary N) is 1. The maximum Gasteiger partial charge on any atom is 0.251 e. The standard InChI is InChI=1S/C21H16N2O2.C21H14N2O.CH4O/c22-21(25)19-17-8-4-5-9-18(17)23(15-10-12-16(24)13-11-15)20(19)14-6-2-1-3-7-14;22-14-19-18-8-4-5-9-20(18)23(16-10-12-17(24)13-11-16)21(19)15-6-2-1-3-7-15;1-2/h1-13,24H,(H2,22,25);1-13,24H;2H,1H3. The van der Waals surface area contributed by atoms with E-state index < -0.39 is 5.91 Å². The van der Waals surface area contributed by atoms with Crippen LogP contribution in [0.3, 0.4) is 0 Å². The third kappa shape index (κ3) is 6.53. The zero-order chi connectivity index (χ0) is 35.9. The van der Waals surface area contributed by atoms with Crippen LogP contribution in [0.15, 0.2) is 158 Å². The topological polar surface area (TPSA) is 137 Å². The highest BCUT2D eigenvalue weighted by Crippen LogP contribution is 2.38. The van der Waals surface area contributed by atoms with E-state index in [9.17, 15) is 20.3 Å². The smallest absolute Gasteiger partial charge is 0.251 e. The molecule has 0 bridgehead atoms. The fraction of sp³-hybridized carbons (Fsp3) is 0.0233. The molecule has 0 radical (unpaired) electrons. The summed E-state index contributed by atoms with van der Waals surface area (Å²) in [5.41, 5.74) is 14.0. The molecule has 2 heterocycles. The lowest BCUT2D eigenvalue weighted by Gasteiger charge is -2.12. The largest absolute Gasteiger partial charge is 0.508 e. The molecule has 0 atom stereocenters. The minimum atomic E-state index is -0.465. The number of aromatic nitrogens is 2. The summed E-state index contributed by atoms with van der Waals surface area (Å²) in [6, 6.07) is 51.5. The number of amides is 1. The molecule has 8 heteroatoms. The molecule has 8 rings (SSSR count). The lowest BCUT2D eigenvalue weighted by atomic mass is 10.0. The molecule has 51 heavy (non-hydrogen) atoms. The van der Waals surface area contributed by atoms with E-state index in [1.165, 1.54) is 0 Å². The first-order valence-corrected chi connectivity index (χ1v) is 16.1. The predicted molar refractivity (Wildman–Crippen MR) is 202 cm³/mol. The lowest BCUT2D eigenvalue weighted by Crippen LogP contribution is -2.12. The van der Waals surface area contributed by atoms with Gasteiger partial charge in [-0.3, -0.25) is 4.79 Å². The van der Waals surface area contributed by atoms with Gasteiger partial charge in [-0.15, -0.1) is 0 Å². The van der Waals surface area contributed by atoms with Crippen LogP contribution in [-0.4, -0.2) is 37.5 Å². The Bertz CT molecular complexity index is 2480. The number of aliphatic hydroxyl groups is 1. The van der Waals surface area contributed by atoms with Gasteiger partial charge in [0.25, 0.3) is 5.91 Å². The first-order chi connectivity index (χ1) is 25.0. The summed E-state index contributed by atoms with van der Waals surface area (Å²) in [5, 5.41) is 37.7. The number of primary amides is 1. The van der Waals surface area contributed by atoms with E-state index in [4.69, 9.17) is 10.8 Å². The molecule has 0 aliphatic carbocycles. The molecule has 0 unspecified atom stereocenters. The van der Waals surface area contributed by atoms with Crippen molar-refractivity contribution in [2.24, 2.45) is 5.73 Å². The average molecular weight is 671 g/mol. The van der Waals surface area contributed by atoms with Gasteiger partial charge >= 0.3 is 0 Å². The summed E-state index contributed by atoms with van der Waals surface area (Å²) in [6.45, 7) is 0. The van der Waals surface area contributed by atoms with Crippen LogP contribution in [0.2, 0.25) is 0 Å². The Hall–Kier alpha value is -7.08. The summed E-state index contributed by atoms with van der Waals surface area (Å²) in [5.74, 6) is -0.0545. The number of phenolic OH excluding ortho intramolecular Hbond substituents is 2. The number of para-hydroxylation sites is 2. The van der Waals surface area contributed by atoms with E-state index in [1.54, 1.807) is 24.3 Å². The molecule has 0 spiro atoms. The molecule has 2 aromatic heterocycles. The minimum absolute atomic E-state index is 0.191. The van der Waals surface area contributed by atoms with Crippen molar-refractivity contribution in [2.75, 3.05) is 7.11 Å². The molecule has 0 aliphatic rings. The maximum atomic E-state index is 12.3. The van der Waals surface area contributed by atoms with E-state index in [0.29, 0.717) is 11.1 Å². The van der Waals surface area contributed by atoms with Gasteiger partial charge in [0.2, 0.25) is 0 Å². The van der Waals surface area contributed by atoms with Crippen LogP contribution in [0.25, 0.3) is 55.7 Å². The molecule has 8 nitrogen and oxygen atoms in total. The zero-order valence-electron chi connectivity index (χ0n) is 27.7. The van der Waals surface area contributed by atoms with Gasteiger partial charge in [-0.05, 0) is 71.8 Å². The third-order valence-electron chi connectivity index (χ3n) is 8.42. The van der Waals surface area contributed by atoms with Crippen molar-refractivity contribution in [3.05, 3.63) is 169 Å². The van der Waals surface area contributed by atoms with E-state index >= 15 is 0 Å². The summed E-state index contributed by atoms with van der Waals surface area (Å²) in [6.07, 6.45) is 0. The molecular weight excluding hydrogens is 636 g/mol. The van der Waals surface area contributed by atoms with Crippen LogP contribution < -0.4 is 5.73 Å². The number of benzene rings is 6. The summed E-state index contributed by atoms with van der Waals surface area (Å²) < 4.78 is 4.08. The monoisotopic (exact) mass is 670 g/mol. The number of aliphatic hydroxyl groups excluding tert-OH is 1. The lowest BCUT2D eigenvalue weighted by molar-refractivity contribution is 0.100. The molecule has 0 aliphatic heterocycles. The number of fused-ring (bicyclic) bond motifs is 2.